The maximum Gasteiger partial charge on any atom is 0.230 e. The average Bonchev–Trinajstić information content (AvgIpc) is 3.14. The van der Waals surface area contributed by atoms with Crippen molar-refractivity contribution in [3.8, 4) is 17.0 Å². The first-order valence-corrected chi connectivity index (χ1v) is 9.96. The maximum absolute atomic E-state index is 14.7. The molecule has 0 bridgehead atoms. The third-order valence-corrected chi connectivity index (χ3v) is 5.72. The van der Waals surface area contributed by atoms with E-state index in [-0.39, 0.29) is 22.9 Å². The number of amides is 1. The number of hydrogen-bond donors (Lipinski definition) is 1. The lowest BCUT2D eigenvalue weighted by molar-refractivity contribution is -0.117. The highest BCUT2D eigenvalue weighted by atomic mass is 32.2. The van der Waals surface area contributed by atoms with E-state index in [0.717, 1.165) is 17.7 Å². The van der Waals surface area contributed by atoms with Crippen LogP contribution in [0.1, 0.15) is 18.4 Å². The number of nitrogens with zero attached hydrogens (tertiary/aromatic N) is 2. The van der Waals surface area contributed by atoms with Gasteiger partial charge in [0.15, 0.2) is 0 Å². The molecule has 7 heteroatoms. The van der Waals surface area contributed by atoms with Gasteiger partial charge in [-0.3, -0.25) is 9.79 Å². The maximum atomic E-state index is 14.7. The van der Waals surface area contributed by atoms with Gasteiger partial charge in [-0.2, -0.15) is 11.8 Å². The van der Waals surface area contributed by atoms with Crippen LogP contribution in [0.15, 0.2) is 41.5 Å². The minimum absolute atomic E-state index is 0.203. The first kappa shape index (κ1) is 19.4. The van der Waals surface area contributed by atoms with Crippen LogP contribution in [0.5, 0.6) is 5.88 Å². The lowest BCUT2D eigenvalue weighted by Gasteiger charge is -2.15. The van der Waals surface area contributed by atoms with Crippen LogP contribution >= 0.6 is 11.8 Å². The first-order valence-electron chi connectivity index (χ1n) is 8.67. The summed E-state index contributed by atoms with van der Waals surface area (Å²) in [6, 6.07) is 8.62. The van der Waals surface area contributed by atoms with Crippen molar-refractivity contribution in [1.82, 2.24) is 4.98 Å². The molecule has 2 aromatic rings. The van der Waals surface area contributed by atoms with Crippen LogP contribution < -0.4 is 10.5 Å². The van der Waals surface area contributed by atoms with Crippen LogP contribution in [-0.4, -0.2) is 41.8 Å². The Morgan fingerprint density at radius 1 is 1.37 bits per heavy atom. The number of nitrogens with two attached hydrogens (primary N) is 1. The topological polar surface area (TPSA) is 77.6 Å². The van der Waals surface area contributed by atoms with Crippen molar-refractivity contribution in [3.63, 3.8) is 0 Å². The van der Waals surface area contributed by atoms with E-state index >= 15 is 0 Å². The Morgan fingerprint density at radius 2 is 2.15 bits per heavy atom. The van der Waals surface area contributed by atoms with Gasteiger partial charge in [0.2, 0.25) is 11.8 Å². The molecule has 2 unspecified atom stereocenters. The van der Waals surface area contributed by atoms with Crippen molar-refractivity contribution < 1.29 is 13.9 Å². The lowest BCUT2D eigenvalue weighted by Crippen LogP contribution is -2.28. The second-order valence-electron chi connectivity index (χ2n) is 6.50. The Kier molecular flexibility index (Phi) is 6.11. The molecule has 1 aliphatic heterocycles. The summed E-state index contributed by atoms with van der Waals surface area (Å²) in [4.78, 5) is 20.1. The highest BCUT2D eigenvalue weighted by Gasteiger charge is 2.26. The van der Waals surface area contributed by atoms with Crippen molar-refractivity contribution in [3.05, 3.63) is 47.9 Å². The summed E-state index contributed by atoms with van der Waals surface area (Å²) in [6.07, 6.45) is 4.90. The molecule has 0 saturated heterocycles. The normalized spacial score (nSPS) is 17.4. The van der Waals surface area contributed by atoms with Gasteiger partial charge in [-0.05, 0) is 42.7 Å². The van der Waals surface area contributed by atoms with Gasteiger partial charge in [-0.1, -0.05) is 12.1 Å². The third-order valence-electron chi connectivity index (χ3n) is 4.73. The Bertz CT molecular complexity index is 855. The molecule has 5 nitrogen and oxygen atoms in total. The number of halogens is 1. The molecule has 0 spiro atoms. The number of carbonyl (C=O) groups excluding carboxylic acids is 1. The number of thioether (sulfide) groups is 1. The predicted octanol–water partition coefficient (Wildman–Crippen LogP) is 3.31. The second-order valence-corrected chi connectivity index (χ2v) is 7.54. The monoisotopic (exact) mass is 387 g/mol. The minimum Gasteiger partial charge on any atom is -0.481 e. The van der Waals surface area contributed by atoms with Gasteiger partial charge in [0.05, 0.1) is 12.4 Å². The molecule has 2 heterocycles. The van der Waals surface area contributed by atoms with Crippen molar-refractivity contribution in [2.45, 2.75) is 18.1 Å². The second kappa shape index (κ2) is 8.52. The van der Waals surface area contributed by atoms with Crippen LogP contribution in [0, 0.1) is 11.7 Å². The van der Waals surface area contributed by atoms with Gasteiger partial charge in [0.25, 0.3) is 0 Å². The van der Waals surface area contributed by atoms with E-state index in [2.05, 4.69) is 9.98 Å². The summed E-state index contributed by atoms with van der Waals surface area (Å²) in [6.45, 7) is 0.644. The van der Waals surface area contributed by atoms with Gasteiger partial charge in [0.1, 0.15) is 5.82 Å². The van der Waals surface area contributed by atoms with Crippen molar-refractivity contribution in [1.29, 1.82) is 0 Å². The quantitative estimate of drug-likeness (QED) is 0.791. The van der Waals surface area contributed by atoms with Gasteiger partial charge >= 0.3 is 0 Å². The lowest BCUT2D eigenvalue weighted by atomic mass is 9.95. The van der Waals surface area contributed by atoms with Gasteiger partial charge in [-0.15, -0.1) is 0 Å². The molecular weight excluding hydrogens is 365 g/mol. The van der Waals surface area contributed by atoms with Gasteiger partial charge < -0.3 is 10.5 Å². The van der Waals surface area contributed by atoms with E-state index in [1.807, 2.05) is 12.3 Å². The molecule has 3 rings (SSSR count). The van der Waals surface area contributed by atoms with Crippen LogP contribution in [0.3, 0.4) is 0 Å². The number of carbonyl (C=O) groups is 1. The fraction of sp³-hybridized carbons (Fsp3) is 0.350. The van der Waals surface area contributed by atoms with E-state index in [1.54, 1.807) is 24.4 Å². The van der Waals surface area contributed by atoms with Gasteiger partial charge in [-0.25, -0.2) is 9.37 Å². The SMILES string of the molecule is COc1ccc(-c2ccc(C3=NCC(CC(SC)C(N)=O)C3)cc2F)cn1. The van der Waals surface area contributed by atoms with E-state index < -0.39 is 0 Å². The number of methoxy groups -OCH3 is 1. The fourth-order valence-corrected chi connectivity index (χ4v) is 3.93. The number of hydrogen-bond acceptors (Lipinski definition) is 5. The Hall–Kier alpha value is -2.41. The number of benzene rings is 1. The molecule has 2 atom stereocenters. The van der Waals surface area contributed by atoms with Crippen LogP contribution in [0.2, 0.25) is 0 Å². The van der Waals surface area contributed by atoms with E-state index in [1.165, 1.54) is 24.9 Å². The molecule has 0 fully saturated rings. The number of primary amides is 1. The molecule has 0 aliphatic carbocycles. The molecule has 27 heavy (non-hydrogen) atoms. The number of aromatic nitrogens is 1. The Balaban J connectivity index is 1.71. The zero-order valence-electron chi connectivity index (χ0n) is 15.3. The highest BCUT2D eigenvalue weighted by Crippen LogP contribution is 2.29. The van der Waals surface area contributed by atoms with Crippen molar-refractivity contribution in [2.24, 2.45) is 16.6 Å². The fourth-order valence-electron chi connectivity index (χ4n) is 3.23. The molecule has 1 aromatic heterocycles. The van der Waals surface area contributed by atoms with Gasteiger partial charge in [0, 0.05) is 35.6 Å². The third kappa shape index (κ3) is 4.47. The summed E-state index contributed by atoms with van der Waals surface area (Å²) in [5.41, 5.74) is 8.25. The highest BCUT2D eigenvalue weighted by molar-refractivity contribution is 7.99. The summed E-state index contributed by atoms with van der Waals surface area (Å²) in [5, 5.41) is -0.203. The Morgan fingerprint density at radius 3 is 2.74 bits per heavy atom. The zero-order valence-corrected chi connectivity index (χ0v) is 16.1. The largest absolute Gasteiger partial charge is 0.481 e. The molecular formula is C20H22FN3O2S. The van der Waals surface area contributed by atoms with Crippen molar-refractivity contribution in [2.75, 3.05) is 19.9 Å². The molecule has 1 aliphatic rings. The number of rotatable bonds is 7. The van der Waals surface area contributed by atoms with Crippen molar-refractivity contribution >= 4 is 23.4 Å². The molecule has 0 saturated carbocycles. The molecule has 1 amide bonds. The zero-order chi connectivity index (χ0) is 19.4. The number of pyridine rings is 1. The van der Waals surface area contributed by atoms with E-state index in [9.17, 15) is 9.18 Å². The molecule has 2 N–H and O–H groups in total. The average molecular weight is 387 g/mol. The minimum atomic E-state index is -0.315. The first-order chi connectivity index (χ1) is 13.0. The summed E-state index contributed by atoms with van der Waals surface area (Å²) in [5.74, 6) is 0.143. The number of ether oxygens (including phenoxy) is 1. The summed E-state index contributed by atoms with van der Waals surface area (Å²) < 4.78 is 19.7. The summed E-state index contributed by atoms with van der Waals surface area (Å²) >= 11 is 1.47. The van der Waals surface area contributed by atoms with E-state index in [4.69, 9.17) is 10.5 Å². The Labute approximate surface area is 162 Å². The van der Waals surface area contributed by atoms with E-state index in [0.29, 0.717) is 30.0 Å². The smallest absolute Gasteiger partial charge is 0.230 e. The van der Waals surface area contributed by atoms with Crippen LogP contribution in [-0.2, 0) is 4.79 Å². The predicted molar refractivity (Wildman–Crippen MR) is 107 cm³/mol. The molecule has 0 radical (unpaired) electrons. The standard InChI is InChI=1S/C20H22FN3O2S/c1-26-19-6-4-14(11-24-19)15-5-3-13(9-16(15)21)17-7-12(10-23-17)8-18(27-2)20(22)25/h3-6,9,11-12,18H,7-8,10H2,1-2H3,(H2,22,25). The number of aliphatic imine (C=N–C) groups is 1. The van der Waals surface area contributed by atoms with Crippen LogP contribution in [0.4, 0.5) is 4.39 Å². The van der Waals surface area contributed by atoms with Crippen LogP contribution in [0.25, 0.3) is 11.1 Å². The molecule has 142 valence electrons. The molecule has 1 aromatic carbocycles. The summed E-state index contributed by atoms with van der Waals surface area (Å²) in [7, 11) is 1.54.